The summed E-state index contributed by atoms with van der Waals surface area (Å²) in [7, 11) is 1.36. The van der Waals surface area contributed by atoms with Crippen molar-refractivity contribution >= 4 is 28.9 Å². The van der Waals surface area contributed by atoms with E-state index < -0.39 is 0 Å². The summed E-state index contributed by atoms with van der Waals surface area (Å²) in [5, 5.41) is 5.95. The van der Waals surface area contributed by atoms with Crippen LogP contribution in [0.15, 0.2) is 72.4 Å². The fourth-order valence-corrected chi connectivity index (χ4v) is 3.31. The number of carbonyl (C=O) groups is 1. The zero-order chi connectivity index (χ0) is 20.8. The van der Waals surface area contributed by atoms with Gasteiger partial charge in [0.2, 0.25) is 5.95 Å². The van der Waals surface area contributed by atoms with Gasteiger partial charge in [-0.1, -0.05) is 18.2 Å². The molecule has 4 rings (SSSR count). The third-order valence-corrected chi connectivity index (χ3v) is 4.97. The first-order valence-electron chi connectivity index (χ1n) is 9.11. The average molecular weight is 418 g/mol. The molecule has 2 aromatic carbocycles. The summed E-state index contributed by atoms with van der Waals surface area (Å²) in [5.74, 6) is 0.828. The minimum Gasteiger partial charge on any atom is -0.489 e. The van der Waals surface area contributed by atoms with Crippen LogP contribution < -0.4 is 10.1 Å². The van der Waals surface area contributed by atoms with Gasteiger partial charge in [0.05, 0.1) is 12.7 Å². The van der Waals surface area contributed by atoms with Crippen LogP contribution in [0.5, 0.6) is 5.75 Å². The summed E-state index contributed by atoms with van der Waals surface area (Å²) >= 11 is 1.53. The highest BCUT2D eigenvalue weighted by atomic mass is 32.1. The first-order chi connectivity index (χ1) is 14.7. The van der Waals surface area contributed by atoms with Gasteiger partial charge < -0.3 is 14.8 Å². The highest BCUT2D eigenvalue weighted by Crippen LogP contribution is 2.23. The molecule has 0 unspecified atom stereocenters. The van der Waals surface area contributed by atoms with Crippen molar-refractivity contribution < 1.29 is 14.3 Å². The lowest BCUT2D eigenvalue weighted by molar-refractivity contribution is 0.0600. The van der Waals surface area contributed by atoms with Gasteiger partial charge in [0, 0.05) is 29.5 Å². The molecule has 1 N–H and O–H groups in total. The minimum atomic E-state index is -0.359. The topological polar surface area (TPSA) is 86.2 Å². The Kier molecular flexibility index (Phi) is 5.95. The number of aromatic nitrogens is 3. The van der Waals surface area contributed by atoms with Crippen LogP contribution in [0.2, 0.25) is 0 Å². The molecule has 0 spiro atoms. The largest absolute Gasteiger partial charge is 0.489 e. The molecule has 0 bridgehead atoms. The Hall–Kier alpha value is -3.78. The summed E-state index contributed by atoms with van der Waals surface area (Å²) < 4.78 is 10.6. The van der Waals surface area contributed by atoms with Gasteiger partial charge in [0.25, 0.3) is 0 Å². The number of carbonyl (C=O) groups excluding carboxylic acids is 1. The van der Waals surface area contributed by atoms with Crippen molar-refractivity contribution in [3.8, 4) is 16.5 Å². The number of esters is 1. The van der Waals surface area contributed by atoms with E-state index >= 15 is 0 Å². The molecule has 0 fully saturated rings. The lowest BCUT2D eigenvalue weighted by Gasteiger charge is -2.10. The molecule has 150 valence electrons. The van der Waals surface area contributed by atoms with E-state index in [1.165, 1.54) is 18.4 Å². The Balaban J connectivity index is 1.41. The Bertz CT molecular complexity index is 1130. The Morgan fingerprint density at radius 3 is 2.70 bits per heavy atom. The molecule has 0 aliphatic rings. The highest BCUT2D eigenvalue weighted by Gasteiger charge is 2.07. The van der Waals surface area contributed by atoms with Gasteiger partial charge in [-0.25, -0.2) is 19.7 Å². The lowest BCUT2D eigenvalue weighted by atomic mass is 10.1. The van der Waals surface area contributed by atoms with Gasteiger partial charge in [-0.05, 0) is 35.9 Å². The maximum Gasteiger partial charge on any atom is 0.337 e. The molecule has 0 aliphatic carbocycles. The van der Waals surface area contributed by atoms with Crippen LogP contribution in [0.1, 0.15) is 15.9 Å². The van der Waals surface area contributed by atoms with Crippen LogP contribution in [0.25, 0.3) is 10.7 Å². The number of ether oxygens (including phenoxy) is 2. The van der Waals surface area contributed by atoms with Gasteiger partial charge in [0.1, 0.15) is 23.1 Å². The second-order valence-electron chi connectivity index (χ2n) is 6.23. The van der Waals surface area contributed by atoms with Crippen molar-refractivity contribution in [3.63, 3.8) is 0 Å². The van der Waals surface area contributed by atoms with E-state index in [4.69, 9.17) is 9.47 Å². The molecular formula is C22H18N4O3S. The van der Waals surface area contributed by atoms with Gasteiger partial charge in [-0.3, -0.25) is 0 Å². The first kappa shape index (κ1) is 19.5. The quantitative estimate of drug-likeness (QED) is 0.435. The van der Waals surface area contributed by atoms with Gasteiger partial charge in [-0.15, -0.1) is 11.3 Å². The minimum absolute atomic E-state index is 0.359. The van der Waals surface area contributed by atoms with Crippen molar-refractivity contribution in [2.45, 2.75) is 6.61 Å². The number of hydrogen-bond donors (Lipinski definition) is 1. The number of rotatable bonds is 7. The smallest absolute Gasteiger partial charge is 0.337 e. The maximum atomic E-state index is 11.5. The van der Waals surface area contributed by atoms with Crippen molar-refractivity contribution in [3.05, 3.63) is 83.5 Å². The first-order valence-corrected chi connectivity index (χ1v) is 9.99. The van der Waals surface area contributed by atoms with Crippen molar-refractivity contribution in [2.75, 3.05) is 12.4 Å². The summed E-state index contributed by atoms with van der Waals surface area (Å²) in [4.78, 5) is 24.6. The molecule has 7 nitrogen and oxygen atoms in total. The number of nitrogens with zero attached hydrogens (tertiary/aromatic N) is 3. The van der Waals surface area contributed by atoms with Gasteiger partial charge >= 0.3 is 5.97 Å². The van der Waals surface area contributed by atoms with Crippen LogP contribution in [0.4, 0.5) is 11.6 Å². The molecule has 0 saturated heterocycles. The number of methoxy groups -OCH3 is 1. The molecule has 2 aromatic heterocycles. The van der Waals surface area contributed by atoms with Crippen molar-refractivity contribution in [2.24, 2.45) is 0 Å². The summed E-state index contributed by atoms with van der Waals surface area (Å²) in [6.07, 6.45) is 3.45. The molecule has 0 radical (unpaired) electrons. The standard InChI is InChI=1S/C22H18N4O3S/c1-28-21(27)16-7-5-15(6-8-16)14-29-18-4-2-3-17(13-18)25-22-24-10-9-19(26-22)20-23-11-12-30-20/h2-13H,14H2,1H3,(H,24,25,26). The zero-order valence-corrected chi connectivity index (χ0v) is 16.9. The Morgan fingerprint density at radius 1 is 1.07 bits per heavy atom. The van der Waals surface area contributed by atoms with Crippen LogP contribution in [0.3, 0.4) is 0 Å². The molecule has 8 heteroatoms. The van der Waals surface area contributed by atoms with Crippen LogP contribution in [-0.2, 0) is 11.3 Å². The van der Waals surface area contributed by atoms with E-state index in [2.05, 4.69) is 20.3 Å². The van der Waals surface area contributed by atoms with Crippen molar-refractivity contribution in [1.82, 2.24) is 15.0 Å². The van der Waals surface area contributed by atoms with Gasteiger partial charge in [0.15, 0.2) is 0 Å². The van der Waals surface area contributed by atoms with E-state index in [-0.39, 0.29) is 5.97 Å². The van der Waals surface area contributed by atoms with E-state index in [0.717, 1.165) is 22.0 Å². The number of hydrogen-bond acceptors (Lipinski definition) is 8. The van der Waals surface area contributed by atoms with Crippen LogP contribution >= 0.6 is 11.3 Å². The lowest BCUT2D eigenvalue weighted by Crippen LogP contribution is -2.02. The molecule has 2 heterocycles. The molecule has 0 atom stereocenters. The zero-order valence-electron chi connectivity index (χ0n) is 16.1. The van der Waals surface area contributed by atoms with E-state index in [9.17, 15) is 4.79 Å². The molecule has 4 aromatic rings. The van der Waals surface area contributed by atoms with Crippen LogP contribution in [0, 0.1) is 0 Å². The molecule has 0 aliphatic heterocycles. The van der Waals surface area contributed by atoms with E-state index in [1.807, 2.05) is 47.8 Å². The number of nitrogens with one attached hydrogen (secondary N) is 1. The van der Waals surface area contributed by atoms with Gasteiger partial charge in [-0.2, -0.15) is 0 Å². The number of thiazole rings is 1. The highest BCUT2D eigenvalue weighted by molar-refractivity contribution is 7.13. The Morgan fingerprint density at radius 2 is 1.93 bits per heavy atom. The summed E-state index contributed by atoms with van der Waals surface area (Å²) in [6, 6.07) is 16.5. The molecule has 0 saturated carbocycles. The second-order valence-corrected chi connectivity index (χ2v) is 7.13. The normalized spacial score (nSPS) is 10.4. The fourth-order valence-electron chi connectivity index (χ4n) is 2.70. The third kappa shape index (κ3) is 4.79. The predicted molar refractivity (Wildman–Crippen MR) is 115 cm³/mol. The summed E-state index contributed by atoms with van der Waals surface area (Å²) in [6.45, 7) is 0.376. The molecular weight excluding hydrogens is 400 g/mol. The molecule has 0 amide bonds. The molecule has 30 heavy (non-hydrogen) atoms. The SMILES string of the molecule is COC(=O)c1ccc(COc2cccc(Nc3nccc(-c4nccs4)n3)c2)cc1. The predicted octanol–water partition coefficient (Wildman–Crippen LogP) is 4.71. The monoisotopic (exact) mass is 418 g/mol. The second kappa shape index (κ2) is 9.15. The van der Waals surface area contributed by atoms with Crippen LogP contribution in [-0.4, -0.2) is 28.0 Å². The van der Waals surface area contributed by atoms with E-state index in [1.54, 1.807) is 24.5 Å². The maximum absolute atomic E-state index is 11.5. The Labute approximate surface area is 177 Å². The average Bonchev–Trinajstić information content (AvgIpc) is 3.33. The van der Waals surface area contributed by atoms with Crippen molar-refractivity contribution in [1.29, 1.82) is 0 Å². The third-order valence-electron chi connectivity index (χ3n) is 4.18. The summed E-state index contributed by atoms with van der Waals surface area (Å²) in [5.41, 5.74) is 3.03. The number of benzene rings is 2. The fraction of sp³-hybridized carbons (Fsp3) is 0.0909. The van der Waals surface area contributed by atoms with E-state index in [0.29, 0.717) is 23.9 Å². The number of anilines is 2.